The number of hydrogen-bond donors (Lipinski definition) is 0. The third-order valence-electron chi connectivity index (χ3n) is 1.26. The van der Waals surface area contributed by atoms with Crippen LogP contribution in [0.1, 0.15) is 13.8 Å². The summed E-state index contributed by atoms with van der Waals surface area (Å²) in [7, 11) is 0. The maximum atomic E-state index is 5.50. The maximum Gasteiger partial charge on any atom is 0.120 e. The van der Waals surface area contributed by atoms with E-state index in [4.69, 9.17) is 4.74 Å². The van der Waals surface area contributed by atoms with E-state index in [0.29, 0.717) is 0 Å². The minimum atomic E-state index is 0.220. The van der Waals surface area contributed by atoms with Crippen LogP contribution in [0.5, 0.6) is 5.75 Å². The van der Waals surface area contributed by atoms with Crippen molar-refractivity contribution in [3.05, 3.63) is 27.1 Å². The van der Waals surface area contributed by atoms with Gasteiger partial charge in [0.25, 0.3) is 0 Å². The maximum absolute atomic E-state index is 5.50. The molecule has 66 valence electrons. The average Bonchev–Trinajstić information content (AvgIpc) is 1.96. The lowest BCUT2D eigenvalue weighted by Crippen LogP contribution is -2.05. The number of hydrogen-bond acceptors (Lipinski definition) is 1. The smallest absolute Gasteiger partial charge is 0.120 e. The summed E-state index contributed by atoms with van der Waals surface area (Å²) in [5.41, 5.74) is 0. The molecule has 0 aliphatic rings. The second-order valence-corrected chi connectivity index (χ2v) is 4.45. The van der Waals surface area contributed by atoms with Gasteiger partial charge in [-0.25, -0.2) is 0 Å². The highest BCUT2D eigenvalue weighted by Gasteiger charge is 2.00. The molecule has 0 unspecified atom stereocenters. The first-order chi connectivity index (χ1) is 5.59. The van der Waals surface area contributed by atoms with Crippen LogP contribution in [0.3, 0.4) is 0 Å². The molecule has 1 aromatic rings. The van der Waals surface area contributed by atoms with Gasteiger partial charge < -0.3 is 4.74 Å². The third-order valence-corrected chi connectivity index (χ3v) is 3.14. The molecule has 1 nitrogen and oxygen atoms in total. The van der Waals surface area contributed by atoms with Gasteiger partial charge in [0.1, 0.15) is 5.75 Å². The standard InChI is InChI=1S/C9H10Br2O/c1-6(2)12-7-3-4-8(10)9(11)5-7/h3-6H,1-2H3. The van der Waals surface area contributed by atoms with Crippen molar-refractivity contribution >= 4 is 31.9 Å². The van der Waals surface area contributed by atoms with Crippen LogP contribution in [0.4, 0.5) is 0 Å². The van der Waals surface area contributed by atoms with Gasteiger partial charge in [-0.15, -0.1) is 0 Å². The Labute approximate surface area is 89.4 Å². The summed E-state index contributed by atoms with van der Waals surface area (Å²) in [6, 6.07) is 5.85. The van der Waals surface area contributed by atoms with Crippen LogP contribution in [-0.2, 0) is 0 Å². The number of ether oxygens (including phenoxy) is 1. The van der Waals surface area contributed by atoms with Crippen molar-refractivity contribution in [2.75, 3.05) is 0 Å². The fourth-order valence-corrected chi connectivity index (χ4v) is 1.43. The van der Waals surface area contributed by atoms with Crippen LogP contribution in [-0.4, -0.2) is 6.10 Å². The van der Waals surface area contributed by atoms with E-state index in [1.807, 2.05) is 32.0 Å². The van der Waals surface area contributed by atoms with Crippen molar-refractivity contribution in [1.29, 1.82) is 0 Å². The van der Waals surface area contributed by atoms with Crippen molar-refractivity contribution in [1.82, 2.24) is 0 Å². The molecule has 0 saturated heterocycles. The summed E-state index contributed by atoms with van der Waals surface area (Å²) in [5, 5.41) is 0. The molecular weight excluding hydrogens is 284 g/mol. The molecule has 0 bridgehead atoms. The molecule has 0 atom stereocenters. The minimum absolute atomic E-state index is 0.220. The summed E-state index contributed by atoms with van der Waals surface area (Å²) in [4.78, 5) is 0. The van der Waals surface area contributed by atoms with Gasteiger partial charge in [0, 0.05) is 8.95 Å². The Morgan fingerprint density at radius 1 is 1.17 bits per heavy atom. The Morgan fingerprint density at radius 3 is 2.33 bits per heavy atom. The molecule has 0 N–H and O–H groups in total. The zero-order valence-electron chi connectivity index (χ0n) is 6.97. The molecule has 0 aromatic heterocycles. The van der Waals surface area contributed by atoms with E-state index in [0.717, 1.165) is 14.7 Å². The summed E-state index contributed by atoms with van der Waals surface area (Å²) < 4.78 is 7.55. The number of benzene rings is 1. The second kappa shape index (κ2) is 4.28. The highest BCUT2D eigenvalue weighted by molar-refractivity contribution is 9.13. The second-order valence-electron chi connectivity index (χ2n) is 2.74. The summed E-state index contributed by atoms with van der Waals surface area (Å²) >= 11 is 6.80. The SMILES string of the molecule is CC(C)Oc1ccc(Br)c(Br)c1. The highest BCUT2D eigenvalue weighted by Crippen LogP contribution is 2.27. The normalized spacial score (nSPS) is 10.4. The summed E-state index contributed by atoms with van der Waals surface area (Å²) in [5.74, 6) is 0.889. The van der Waals surface area contributed by atoms with E-state index in [9.17, 15) is 0 Å². The molecule has 3 heteroatoms. The van der Waals surface area contributed by atoms with E-state index in [-0.39, 0.29) is 6.10 Å². The van der Waals surface area contributed by atoms with Crippen molar-refractivity contribution in [2.24, 2.45) is 0 Å². The molecule has 0 spiro atoms. The van der Waals surface area contributed by atoms with Crippen molar-refractivity contribution in [3.63, 3.8) is 0 Å². The molecule has 0 amide bonds. The lowest BCUT2D eigenvalue weighted by atomic mass is 10.3. The van der Waals surface area contributed by atoms with Gasteiger partial charge in [-0.2, -0.15) is 0 Å². The van der Waals surface area contributed by atoms with E-state index >= 15 is 0 Å². The fourth-order valence-electron chi connectivity index (χ4n) is 0.822. The predicted octanol–water partition coefficient (Wildman–Crippen LogP) is 4.00. The highest BCUT2D eigenvalue weighted by atomic mass is 79.9. The van der Waals surface area contributed by atoms with Crippen molar-refractivity contribution < 1.29 is 4.74 Å². The van der Waals surface area contributed by atoms with Gasteiger partial charge in [-0.1, -0.05) is 0 Å². The molecule has 0 heterocycles. The molecule has 1 aromatic carbocycles. The first kappa shape index (κ1) is 10.1. The Morgan fingerprint density at radius 2 is 1.83 bits per heavy atom. The molecule has 0 aliphatic heterocycles. The molecule has 0 radical (unpaired) electrons. The van der Waals surface area contributed by atoms with Crippen molar-refractivity contribution in [2.45, 2.75) is 20.0 Å². The van der Waals surface area contributed by atoms with Crippen molar-refractivity contribution in [3.8, 4) is 5.75 Å². The van der Waals surface area contributed by atoms with Gasteiger partial charge in [-0.3, -0.25) is 0 Å². The van der Waals surface area contributed by atoms with Crippen LogP contribution < -0.4 is 4.74 Å². The van der Waals surface area contributed by atoms with Gasteiger partial charge in [0.15, 0.2) is 0 Å². The molecule has 12 heavy (non-hydrogen) atoms. The monoisotopic (exact) mass is 292 g/mol. The Hall–Kier alpha value is -0.0200. The third kappa shape index (κ3) is 2.79. The van der Waals surface area contributed by atoms with Gasteiger partial charge in [0.05, 0.1) is 6.10 Å². The Bertz CT molecular complexity index is 271. The van der Waals surface area contributed by atoms with E-state index in [2.05, 4.69) is 31.9 Å². The minimum Gasteiger partial charge on any atom is -0.491 e. The van der Waals surface area contributed by atoms with E-state index in [1.165, 1.54) is 0 Å². The first-order valence-electron chi connectivity index (χ1n) is 3.71. The Kier molecular flexibility index (Phi) is 3.59. The van der Waals surface area contributed by atoms with Gasteiger partial charge in [-0.05, 0) is 63.9 Å². The topological polar surface area (TPSA) is 9.23 Å². The van der Waals surface area contributed by atoms with Crippen LogP contribution in [0.2, 0.25) is 0 Å². The zero-order chi connectivity index (χ0) is 9.14. The summed E-state index contributed by atoms with van der Waals surface area (Å²) in [6.45, 7) is 4.02. The average molecular weight is 294 g/mol. The largest absolute Gasteiger partial charge is 0.491 e. The van der Waals surface area contributed by atoms with Gasteiger partial charge in [0.2, 0.25) is 0 Å². The van der Waals surface area contributed by atoms with Gasteiger partial charge >= 0.3 is 0 Å². The number of rotatable bonds is 2. The predicted molar refractivity (Wildman–Crippen MR) is 57.6 cm³/mol. The molecule has 0 aliphatic carbocycles. The zero-order valence-corrected chi connectivity index (χ0v) is 10.1. The lowest BCUT2D eigenvalue weighted by molar-refractivity contribution is 0.242. The molecule has 0 saturated carbocycles. The molecular formula is C9H10Br2O. The van der Waals surface area contributed by atoms with E-state index < -0.39 is 0 Å². The lowest BCUT2D eigenvalue weighted by Gasteiger charge is -2.09. The van der Waals surface area contributed by atoms with Crippen LogP contribution in [0.25, 0.3) is 0 Å². The fraction of sp³-hybridized carbons (Fsp3) is 0.333. The van der Waals surface area contributed by atoms with Crippen LogP contribution >= 0.6 is 31.9 Å². The Balaban J connectivity index is 2.82. The molecule has 1 rings (SSSR count). The molecule has 0 fully saturated rings. The first-order valence-corrected chi connectivity index (χ1v) is 5.30. The quantitative estimate of drug-likeness (QED) is 0.801. The van der Waals surface area contributed by atoms with E-state index in [1.54, 1.807) is 0 Å². The summed E-state index contributed by atoms with van der Waals surface area (Å²) in [6.07, 6.45) is 0.220. The number of halogens is 2. The van der Waals surface area contributed by atoms with Crippen LogP contribution in [0, 0.1) is 0 Å². The van der Waals surface area contributed by atoms with Crippen LogP contribution in [0.15, 0.2) is 27.1 Å².